The third-order valence-corrected chi connectivity index (χ3v) is 3.94. The molecule has 4 nitrogen and oxygen atoms in total. The molecule has 0 aliphatic heterocycles. The fourth-order valence-corrected chi connectivity index (χ4v) is 2.78. The van der Waals surface area contributed by atoms with Crippen molar-refractivity contribution in [2.45, 2.75) is 38.1 Å². The molecular weight excluding hydrogens is 296 g/mol. The van der Waals surface area contributed by atoms with Gasteiger partial charge in [-0.15, -0.1) is 0 Å². The quantitative estimate of drug-likeness (QED) is 0.662. The first-order chi connectivity index (χ1) is 10.7. The number of hydrogen-bond donors (Lipinski definition) is 2. The molecule has 1 saturated carbocycles. The average Bonchev–Trinajstić information content (AvgIpc) is 2.54. The van der Waals surface area contributed by atoms with Gasteiger partial charge >= 0.3 is 0 Å². The molecule has 1 aromatic carbocycles. The summed E-state index contributed by atoms with van der Waals surface area (Å²) < 4.78 is 5.09. The van der Waals surface area contributed by atoms with Crippen molar-refractivity contribution < 1.29 is 9.53 Å². The molecule has 0 saturated heterocycles. The number of hydrogen-bond acceptors (Lipinski definition) is 3. The molecule has 0 radical (unpaired) electrons. The molecule has 118 valence electrons. The lowest BCUT2D eigenvalue weighted by Gasteiger charge is -2.23. The predicted octanol–water partition coefficient (Wildman–Crippen LogP) is 3.03. The number of rotatable bonds is 4. The SMILES string of the molecule is COc1ccc(/C=C/C(=O)NC(=S)NC2CCCCC2)cc1. The van der Waals surface area contributed by atoms with Gasteiger partial charge in [0.15, 0.2) is 5.11 Å². The highest BCUT2D eigenvalue weighted by atomic mass is 32.1. The van der Waals surface area contributed by atoms with Crippen molar-refractivity contribution in [3.63, 3.8) is 0 Å². The van der Waals surface area contributed by atoms with Crippen molar-refractivity contribution in [3.8, 4) is 5.75 Å². The maximum absolute atomic E-state index is 11.8. The van der Waals surface area contributed by atoms with E-state index in [1.807, 2.05) is 24.3 Å². The number of carbonyl (C=O) groups excluding carboxylic acids is 1. The summed E-state index contributed by atoms with van der Waals surface area (Å²) in [5.74, 6) is 0.573. The fourth-order valence-electron chi connectivity index (χ4n) is 2.51. The van der Waals surface area contributed by atoms with E-state index in [4.69, 9.17) is 17.0 Å². The van der Waals surface area contributed by atoms with Gasteiger partial charge < -0.3 is 10.1 Å². The molecule has 22 heavy (non-hydrogen) atoms. The second-order valence-electron chi connectivity index (χ2n) is 5.40. The molecule has 0 heterocycles. The molecule has 1 aliphatic rings. The summed E-state index contributed by atoms with van der Waals surface area (Å²) in [5, 5.41) is 6.32. The summed E-state index contributed by atoms with van der Waals surface area (Å²) in [4.78, 5) is 11.8. The number of nitrogens with one attached hydrogen (secondary N) is 2. The van der Waals surface area contributed by atoms with Crippen molar-refractivity contribution in [1.29, 1.82) is 0 Å². The Morgan fingerprint density at radius 2 is 1.91 bits per heavy atom. The minimum atomic E-state index is -0.218. The average molecular weight is 318 g/mol. The topological polar surface area (TPSA) is 50.4 Å². The van der Waals surface area contributed by atoms with E-state index in [1.54, 1.807) is 13.2 Å². The molecule has 2 rings (SSSR count). The van der Waals surface area contributed by atoms with Crippen molar-refractivity contribution in [2.24, 2.45) is 0 Å². The van der Waals surface area contributed by atoms with Gasteiger partial charge in [0.1, 0.15) is 5.75 Å². The Balaban J connectivity index is 1.78. The zero-order valence-electron chi connectivity index (χ0n) is 12.8. The van der Waals surface area contributed by atoms with Gasteiger partial charge in [0.2, 0.25) is 5.91 Å². The van der Waals surface area contributed by atoms with Crippen molar-refractivity contribution in [1.82, 2.24) is 10.6 Å². The van der Waals surface area contributed by atoms with E-state index in [0.29, 0.717) is 11.2 Å². The predicted molar refractivity (Wildman–Crippen MR) is 92.8 cm³/mol. The molecule has 0 bridgehead atoms. The van der Waals surface area contributed by atoms with Crippen LogP contribution in [0.3, 0.4) is 0 Å². The first-order valence-electron chi connectivity index (χ1n) is 7.61. The Hall–Kier alpha value is -1.88. The van der Waals surface area contributed by atoms with Crippen LogP contribution in [0.5, 0.6) is 5.75 Å². The zero-order valence-corrected chi connectivity index (χ0v) is 13.6. The van der Waals surface area contributed by atoms with Crippen LogP contribution < -0.4 is 15.4 Å². The Morgan fingerprint density at radius 3 is 2.55 bits per heavy atom. The Kier molecular flexibility index (Phi) is 6.40. The lowest BCUT2D eigenvalue weighted by molar-refractivity contribution is -0.115. The summed E-state index contributed by atoms with van der Waals surface area (Å²) >= 11 is 5.18. The maximum atomic E-state index is 11.8. The molecule has 5 heteroatoms. The van der Waals surface area contributed by atoms with Gasteiger partial charge in [0, 0.05) is 12.1 Å². The molecule has 0 aromatic heterocycles. The van der Waals surface area contributed by atoms with Gasteiger partial charge in [-0.25, -0.2) is 0 Å². The third kappa shape index (κ3) is 5.48. The monoisotopic (exact) mass is 318 g/mol. The molecule has 0 unspecified atom stereocenters. The molecule has 0 spiro atoms. The van der Waals surface area contributed by atoms with E-state index < -0.39 is 0 Å². The van der Waals surface area contributed by atoms with Gasteiger partial charge in [0.05, 0.1) is 7.11 Å². The molecule has 1 aliphatic carbocycles. The highest BCUT2D eigenvalue weighted by molar-refractivity contribution is 7.80. The second kappa shape index (κ2) is 8.54. The van der Waals surface area contributed by atoms with E-state index in [-0.39, 0.29) is 5.91 Å². The van der Waals surface area contributed by atoms with E-state index in [9.17, 15) is 4.79 Å². The summed E-state index contributed by atoms with van der Waals surface area (Å²) in [7, 11) is 1.62. The smallest absolute Gasteiger partial charge is 0.250 e. The van der Waals surface area contributed by atoms with Crippen LogP contribution in [0.1, 0.15) is 37.7 Å². The lowest BCUT2D eigenvalue weighted by Crippen LogP contribution is -2.44. The van der Waals surface area contributed by atoms with Crippen molar-refractivity contribution >= 4 is 29.3 Å². The Bertz CT molecular complexity index is 534. The molecule has 1 amide bonds. The lowest BCUT2D eigenvalue weighted by atomic mass is 9.96. The molecule has 0 atom stereocenters. The van der Waals surface area contributed by atoms with E-state index in [1.165, 1.54) is 25.3 Å². The van der Waals surface area contributed by atoms with Crippen LogP contribution >= 0.6 is 12.2 Å². The summed E-state index contributed by atoms with van der Waals surface area (Å²) in [6.07, 6.45) is 9.23. The van der Waals surface area contributed by atoms with Gasteiger partial charge in [0.25, 0.3) is 0 Å². The highest BCUT2D eigenvalue weighted by Gasteiger charge is 2.14. The van der Waals surface area contributed by atoms with Crippen molar-refractivity contribution in [2.75, 3.05) is 7.11 Å². The minimum absolute atomic E-state index is 0.218. The van der Waals surface area contributed by atoms with Crippen LogP contribution in [0, 0.1) is 0 Å². The van der Waals surface area contributed by atoms with E-state index in [0.717, 1.165) is 24.2 Å². The fraction of sp³-hybridized carbons (Fsp3) is 0.412. The maximum Gasteiger partial charge on any atom is 0.250 e. The standard InChI is InChI=1S/C17H22N2O2S/c1-21-15-10-7-13(8-11-15)9-12-16(20)19-17(22)18-14-5-3-2-4-6-14/h7-12,14H,2-6H2,1H3,(H2,18,19,20,22)/b12-9+. The van der Waals surface area contributed by atoms with Gasteiger partial charge in [-0.1, -0.05) is 31.4 Å². The van der Waals surface area contributed by atoms with Gasteiger partial charge in [-0.3, -0.25) is 10.1 Å². The largest absolute Gasteiger partial charge is 0.497 e. The number of ether oxygens (including phenoxy) is 1. The van der Waals surface area contributed by atoms with Crippen LogP contribution in [0.15, 0.2) is 30.3 Å². The van der Waals surface area contributed by atoms with Crippen molar-refractivity contribution in [3.05, 3.63) is 35.9 Å². The molecule has 2 N–H and O–H groups in total. The summed E-state index contributed by atoms with van der Waals surface area (Å²) in [6.45, 7) is 0. The molecule has 1 aromatic rings. The number of methoxy groups -OCH3 is 1. The number of carbonyl (C=O) groups is 1. The van der Waals surface area contributed by atoms with Crippen LogP contribution in [0.4, 0.5) is 0 Å². The molecular formula is C17H22N2O2S. The van der Waals surface area contributed by atoms with E-state index in [2.05, 4.69) is 10.6 Å². The minimum Gasteiger partial charge on any atom is -0.497 e. The molecule has 1 fully saturated rings. The number of thiocarbonyl (C=S) groups is 1. The first-order valence-corrected chi connectivity index (χ1v) is 8.02. The Labute approximate surface area is 136 Å². The van der Waals surface area contributed by atoms with Gasteiger partial charge in [-0.05, 0) is 48.8 Å². The van der Waals surface area contributed by atoms with Crippen LogP contribution in [0.25, 0.3) is 6.08 Å². The Morgan fingerprint density at radius 1 is 1.23 bits per heavy atom. The number of amides is 1. The summed E-state index contributed by atoms with van der Waals surface area (Å²) in [6, 6.07) is 7.88. The second-order valence-corrected chi connectivity index (χ2v) is 5.81. The first kappa shape index (κ1) is 16.5. The summed E-state index contributed by atoms with van der Waals surface area (Å²) in [5.41, 5.74) is 0.933. The normalized spacial score (nSPS) is 15.5. The van der Waals surface area contributed by atoms with E-state index >= 15 is 0 Å². The highest BCUT2D eigenvalue weighted by Crippen LogP contribution is 2.17. The van der Waals surface area contributed by atoms with Crippen LogP contribution in [0.2, 0.25) is 0 Å². The van der Waals surface area contributed by atoms with Crippen LogP contribution in [-0.4, -0.2) is 24.2 Å². The zero-order chi connectivity index (χ0) is 15.8. The third-order valence-electron chi connectivity index (χ3n) is 3.72. The van der Waals surface area contributed by atoms with Gasteiger partial charge in [-0.2, -0.15) is 0 Å². The van der Waals surface area contributed by atoms with Crippen LogP contribution in [-0.2, 0) is 4.79 Å². The number of benzene rings is 1.